The normalized spacial score (nSPS) is 36.1. The van der Waals surface area contributed by atoms with Crippen molar-refractivity contribution in [1.29, 1.82) is 0 Å². The molecule has 1 saturated carbocycles. The van der Waals surface area contributed by atoms with Gasteiger partial charge in [0, 0.05) is 34.9 Å². The Kier molecular flexibility index (Phi) is 5.27. The van der Waals surface area contributed by atoms with Crippen LogP contribution < -0.4 is 5.32 Å². The Balaban J connectivity index is 2.25. The van der Waals surface area contributed by atoms with Gasteiger partial charge in [0.1, 0.15) is 0 Å². The first-order chi connectivity index (χ1) is 7.00. The Bertz CT molecular complexity index is 220. The maximum Gasteiger partial charge on any atom is 0.0441 e. The standard InChI is InChI=1S/C12H25NOS/c1-9-5-6-12(7-10(9)2)13-8-11(3)15(4)14/h9-13H,5-8H2,1-4H3/t9-,10-,11+,12+,15-/m1/s1. The molecule has 0 amide bonds. The average molecular weight is 231 g/mol. The monoisotopic (exact) mass is 231 g/mol. The van der Waals surface area contributed by atoms with E-state index in [1.807, 2.05) is 0 Å². The smallest absolute Gasteiger partial charge is 0.0441 e. The van der Waals surface area contributed by atoms with Crippen LogP contribution in [0.25, 0.3) is 0 Å². The molecule has 1 aliphatic carbocycles. The summed E-state index contributed by atoms with van der Waals surface area (Å²) in [7, 11) is -0.693. The molecular weight excluding hydrogens is 206 g/mol. The van der Waals surface area contributed by atoms with E-state index in [-0.39, 0.29) is 5.25 Å². The molecule has 0 aromatic heterocycles. The van der Waals surface area contributed by atoms with Crippen LogP contribution in [0.2, 0.25) is 0 Å². The predicted octanol–water partition coefficient (Wildman–Crippen LogP) is 2.17. The van der Waals surface area contributed by atoms with Crippen LogP contribution in [0.3, 0.4) is 0 Å². The van der Waals surface area contributed by atoms with Gasteiger partial charge in [-0.15, -0.1) is 0 Å². The second-order valence-corrected chi connectivity index (χ2v) is 6.98. The van der Waals surface area contributed by atoms with E-state index in [4.69, 9.17) is 0 Å². The fraction of sp³-hybridized carbons (Fsp3) is 1.00. The van der Waals surface area contributed by atoms with Crippen LogP contribution in [-0.2, 0) is 10.8 Å². The molecule has 0 bridgehead atoms. The van der Waals surface area contributed by atoms with Crippen molar-refractivity contribution in [2.24, 2.45) is 11.8 Å². The van der Waals surface area contributed by atoms with Crippen molar-refractivity contribution in [3.63, 3.8) is 0 Å². The lowest BCUT2D eigenvalue weighted by atomic mass is 9.79. The summed E-state index contributed by atoms with van der Waals surface area (Å²) in [6.45, 7) is 7.65. The molecule has 0 aliphatic heterocycles. The van der Waals surface area contributed by atoms with Gasteiger partial charge in [-0.2, -0.15) is 0 Å². The molecule has 1 rings (SSSR count). The summed E-state index contributed by atoms with van der Waals surface area (Å²) in [5.41, 5.74) is 0. The number of rotatable bonds is 4. The second kappa shape index (κ2) is 6.00. The Morgan fingerprint density at radius 1 is 1.33 bits per heavy atom. The minimum absolute atomic E-state index is 0.277. The lowest BCUT2D eigenvalue weighted by molar-refractivity contribution is 0.227. The van der Waals surface area contributed by atoms with E-state index in [0.29, 0.717) is 6.04 Å². The third kappa shape index (κ3) is 4.23. The molecule has 0 unspecified atom stereocenters. The summed E-state index contributed by atoms with van der Waals surface area (Å²) in [5.74, 6) is 1.71. The summed E-state index contributed by atoms with van der Waals surface area (Å²) < 4.78 is 11.2. The number of hydrogen-bond acceptors (Lipinski definition) is 2. The molecule has 0 saturated heterocycles. The van der Waals surface area contributed by atoms with Crippen molar-refractivity contribution in [2.75, 3.05) is 12.8 Å². The molecule has 3 heteroatoms. The van der Waals surface area contributed by atoms with Gasteiger partial charge in [-0.1, -0.05) is 13.8 Å². The SMILES string of the molecule is C[C@@H]1CC[C@H](NC[C@H](C)[S@@](C)=O)C[C@H]1C. The first-order valence-electron chi connectivity index (χ1n) is 6.06. The molecular formula is C12H25NOS. The summed E-state index contributed by atoms with van der Waals surface area (Å²) in [4.78, 5) is 0. The fourth-order valence-corrected chi connectivity index (χ4v) is 2.51. The van der Waals surface area contributed by atoms with Crippen molar-refractivity contribution < 1.29 is 4.21 Å². The summed E-state index contributed by atoms with van der Waals surface area (Å²) in [6, 6.07) is 0.655. The molecule has 0 aromatic carbocycles. The summed E-state index contributed by atoms with van der Waals surface area (Å²) in [5, 5.41) is 3.84. The van der Waals surface area contributed by atoms with Crippen molar-refractivity contribution >= 4 is 10.8 Å². The van der Waals surface area contributed by atoms with Crippen LogP contribution in [0.1, 0.15) is 40.0 Å². The Morgan fingerprint density at radius 3 is 2.53 bits per heavy atom. The van der Waals surface area contributed by atoms with Crippen LogP contribution in [0.5, 0.6) is 0 Å². The van der Waals surface area contributed by atoms with Crippen LogP contribution in [0.4, 0.5) is 0 Å². The molecule has 1 aliphatic rings. The minimum Gasteiger partial charge on any atom is -0.313 e. The summed E-state index contributed by atoms with van der Waals surface area (Å²) in [6.07, 6.45) is 5.69. The molecule has 1 N–H and O–H groups in total. The van der Waals surface area contributed by atoms with Gasteiger partial charge in [0.2, 0.25) is 0 Å². The lowest BCUT2D eigenvalue weighted by Crippen LogP contribution is -2.40. The second-order valence-electron chi connectivity index (χ2n) is 5.18. The zero-order chi connectivity index (χ0) is 11.4. The maximum atomic E-state index is 11.2. The first kappa shape index (κ1) is 13.2. The number of hydrogen-bond donors (Lipinski definition) is 1. The van der Waals surface area contributed by atoms with E-state index in [1.165, 1.54) is 19.3 Å². The van der Waals surface area contributed by atoms with E-state index >= 15 is 0 Å². The van der Waals surface area contributed by atoms with Gasteiger partial charge < -0.3 is 5.32 Å². The Labute approximate surface area is 96.7 Å². The Hall–Kier alpha value is 0.110. The molecule has 5 atom stereocenters. The fourth-order valence-electron chi connectivity index (χ4n) is 2.18. The van der Waals surface area contributed by atoms with Crippen molar-refractivity contribution in [1.82, 2.24) is 5.32 Å². The zero-order valence-corrected chi connectivity index (χ0v) is 11.3. The molecule has 15 heavy (non-hydrogen) atoms. The van der Waals surface area contributed by atoms with Gasteiger partial charge >= 0.3 is 0 Å². The molecule has 0 aromatic rings. The van der Waals surface area contributed by atoms with Gasteiger partial charge in [-0.3, -0.25) is 4.21 Å². The van der Waals surface area contributed by atoms with Gasteiger partial charge in [-0.05, 0) is 38.0 Å². The topological polar surface area (TPSA) is 29.1 Å². The van der Waals surface area contributed by atoms with Gasteiger partial charge in [0.15, 0.2) is 0 Å². The molecule has 0 radical (unpaired) electrons. The van der Waals surface area contributed by atoms with E-state index in [1.54, 1.807) is 6.26 Å². The lowest BCUT2D eigenvalue weighted by Gasteiger charge is -2.33. The highest BCUT2D eigenvalue weighted by molar-refractivity contribution is 7.84. The zero-order valence-electron chi connectivity index (χ0n) is 10.5. The van der Waals surface area contributed by atoms with Crippen LogP contribution >= 0.6 is 0 Å². The van der Waals surface area contributed by atoms with Crippen LogP contribution in [-0.4, -0.2) is 28.3 Å². The largest absolute Gasteiger partial charge is 0.313 e. The molecule has 1 fully saturated rings. The highest BCUT2D eigenvalue weighted by Gasteiger charge is 2.24. The van der Waals surface area contributed by atoms with Gasteiger partial charge in [0.05, 0.1) is 0 Å². The summed E-state index contributed by atoms with van der Waals surface area (Å²) >= 11 is 0. The number of nitrogens with one attached hydrogen (secondary N) is 1. The average Bonchev–Trinajstić information content (AvgIpc) is 2.19. The van der Waals surface area contributed by atoms with Gasteiger partial charge in [-0.25, -0.2) is 0 Å². The van der Waals surface area contributed by atoms with E-state index in [2.05, 4.69) is 26.1 Å². The van der Waals surface area contributed by atoms with Crippen LogP contribution in [0.15, 0.2) is 0 Å². The van der Waals surface area contributed by atoms with E-state index in [0.717, 1.165) is 18.4 Å². The van der Waals surface area contributed by atoms with Crippen molar-refractivity contribution in [3.05, 3.63) is 0 Å². The molecule has 90 valence electrons. The maximum absolute atomic E-state index is 11.2. The van der Waals surface area contributed by atoms with E-state index in [9.17, 15) is 4.21 Å². The molecule has 0 heterocycles. The van der Waals surface area contributed by atoms with Crippen LogP contribution in [0, 0.1) is 11.8 Å². The van der Waals surface area contributed by atoms with Crippen molar-refractivity contribution in [3.8, 4) is 0 Å². The highest BCUT2D eigenvalue weighted by Crippen LogP contribution is 2.29. The highest BCUT2D eigenvalue weighted by atomic mass is 32.2. The van der Waals surface area contributed by atoms with E-state index < -0.39 is 10.8 Å². The molecule has 2 nitrogen and oxygen atoms in total. The quantitative estimate of drug-likeness (QED) is 0.803. The predicted molar refractivity (Wildman–Crippen MR) is 67.5 cm³/mol. The third-order valence-electron chi connectivity index (χ3n) is 3.86. The first-order valence-corrected chi connectivity index (χ1v) is 7.68. The molecule has 0 spiro atoms. The van der Waals surface area contributed by atoms with Crippen molar-refractivity contribution in [2.45, 2.75) is 51.3 Å². The Morgan fingerprint density at radius 2 is 2.00 bits per heavy atom. The third-order valence-corrected chi connectivity index (χ3v) is 5.16. The van der Waals surface area contributed by atoms with Gasteiger partial charge in [0.25, 0.3) is 0 Å². The minimum atomic E-state index is -0.693.